The molecule has 0 aliphatic carbocycles. The summed E-state index contributed by atoms with van der Waals surface area (Å²) in [5.41, 5.74) is 0.645. The Morgan fingerprint density at radius 1 is 1.22 bits per heavy atom. The third-order valence-electron chi connectivity index (χ3n) is 3.87. The maximum absolute atomic E-state index is 13.0. The van der Waals surface area contributed by atoms with Crippen molar-refractivity contribution in [2.45, 2.75) is 24.8 Å². The minimum Gasteiger partial charge on any atom is -0.465 e. The van der Waals surface area contributed by atoms with Gasteiger partial charge in [-0.05, 0) is 25.5 Å². The summed E-state index contributed by atoms with van der Waals surface area (Å²) in [5.74, 6) is 0.544. The van der Waals surface area contributed by atoms with Gasteiger partial charge in [0, 0.05) is 13.1 Å². The molecule has 1 atom stereocenters. The molecule has 3 rings (SSSR count). The Hall–Kier alpha value is -2.12. The smallest absolute Gasteiger partial charge is 0.247 e. The van der Waals surface area contributed by atoms with E-state index in [0.717, 1.165) is 0 Å². The second kappa shape index (κ2) is 5.82. The lowest BCUT2D eigenvalue weighted by molar-refractivity contribution is -0.126. The number of furan rings is 1. The van der Waals surface area contributed by atoms with Crippen LogP contribution in [0.1, 0.15) is 23.1 Å². The zero-order valence-electron chi connectivity index (χ0n) is 12.9. The summed E-state index contributed by atoms with van der Waals surface area (Å²) < 4.78 is 32.7. The van der Waals surface area contributed by atoms with Crippen molar-refractivity contribution >= 4 is 15.9 Å². The first-order valence-corrected chi connectivity index (χ1v) is 8.77. The predicted molar refractivity (Wildman–Crippen MR) is 84.3 cm³/mol. The highest BCUT2D eigenvalue weighted by atomic mass is 32.2. The average Bonchev–Trinajstić information content (AvgIpc) is 2.87. The summed E-state index contributed by atoms with van der Waals surface area (Å²) in [5, 5.41) is 2.74. The van der Waals surface area contributed by atoms with Crippen molar-refractivity contribution in [2.75, 3.05) is 13.1 Å². The molecule has 1 aromatic heterocycles. The van der Waals surface area contributed by atoms with Crippen LogP contribution in [-0.2, 0) is 14.8 Å². The number of carbonyl (C=O) groups excluding carboxylic acids is 1. The van der Waals surface area contributed by atoms with Gasteiger partial charge < -0.3 is 9.73 Å². The Balaban J connectivity index is 2.08. The Labute approximate surface area is 135 Å². The third-order valence-corrected chi connectivity index (χ3v) is 5.84. The van der Waals surface area contributed by atoms with Gasteiger partial charge in [-0.15, -0.1) is 0 Å². The first-order chi connectivity index (χ1) is 10.9. The maximum Gasteiger partial charge on any atom is 0.247 e. The molecular formula is C16H18N2O4S. The summed E-state index contributed by atoms with van der Waals surface area (Å²) in [4.78, 5) is 12.4. The van der Waals surface area contributed by atoms with E-state index in [1.165, 1.54) is 10.4 Å². The van der Waals surface area contributed by atoms with E-state index in [1.54, 1.807) is 38.1 Å². The van der Waals surface area contributed by atoms with Crippen molar-refractivity contribution in [3.8, 4) is 0 Å². The number of nitrogens with zero attached hydrogens (tertiary/aromatic N) is 1. The first kappa shape index (κ1) is 15.8. The number of benzene rings is 1. The Bertz CT molecular complexity index is 827. The number of amides is 1. The number of carbonyl (C=O) groups is 1. The Kier molecular flexibility index (Phi) is 3.99. The lowest BCUT2D eigenvalue weighted by Crippen LogP contribution is -2.52. The normalized spacial score (nSPS) is 19.6. The fraction of sp³-hybridized carbons (Fsp3) is 0.312. The monoisotopic (exact) mass is 334 g/mol. The molecule has 7 heteroatoms. The molecule has 122 valence electrons. The average molecular weight is 334 g/mol. The van der Waals surface area contributed by atoms with Crippen molar-refractivity contribution in [1.29, 1.82) is 0 Å². The second-order valence-corrected chi connectivity index (χ2v) is 7.36. The van der Waals surface area contributed by atoms with Crippen LogP contribution in [0.5, 0.6) is 0 Å². The highest BCUT2D eigenvalue weighted by Gasteiger charge is 2.40. The molecule has 0 bridgehead atoms. The molecule has 0 radical (unpaired) electrons. The van der Waals surface area contributed by atoms with Crippen LogP contribution in [0.4, 0.5) is 0 Å². The molecule has 1 saturated heterocycles. The van der Waals surface area contributed by atoms with Gasteiger partial charge in [0.25, 0.3) is 0 Å². The molecule has 6 nitrogen and oxygen atoms in total. The standard InChI is InChI=1S/C16H18N2O4S/c1-11-10-14(12(2)22-11)23(20,21)18-9-8-17-16(19)15(18)13-6-4-3-5-7-13/h3-7,10,15H,8-9H2,1-2H3,(H,17,19)/t15-/m0/s1. The molecule has 1 aromatic carbocycles. The van der Waals surface area contributed by atoms with E-state index in [2.05, 4.69) is 5.32 Å². The van der Waals surface area contributed by atoms with Gasteiger partial charge in [0.1, 0.15) is 22.5 Å². The SMILES string of the molecule is Cc1cc(S(=O)(=O)N2CCNC(=O)[C@@H]2c2ccccc2)c(C)o1. The van der Waals surface area contributed by atoms with Crippen LogP contribution >= 0.6 is 0 Å². The van der Waals surface area contributed by atoms with Gasteiger partial charge in [0.15, 0.2) is 0 Å². The van der Waals surface area contributed by atoms with E-state index in [1.807, 2.05) is 6.07 Å². The van der Waals surface area contributed by atoms with E-state index >= 15 is 0 Å². The first-order valence-electron chi connectivity index (χ1n) is 7.33. The van der Waals surface area contributed by atoms with Crippen molar-refractivity contribution in [2.24, 2.45) is 0 Å². The Morgan fingerprint density at radius 2 is 1.91 bits per heavy atom. The van der Waals surface area contributed by atoms with E-state index in [9.17, 15) is 13.2 Å². The number of aryl methyl sites for hydroxylation is 2. The van der Waals surface area contributed by atoms with E-state index in [0.29, 0.717) is 17.1 Å². The fourth-order valence-electron chi connectivity index (χ4n) is 2.85. The summed E-state index contributed by atoms with van der Waals surface area (Å²) in [7, 11) is -3.82. The van der Waals surface area contributed by atoms with Gasteiger partial charge in [-0.1, -0.05) is 30.3 Å². The number of sulfonamides is 1. The number of nitrogens with one attached hydrogen (secondary N) is 1. The quantitative estimate of drug-likeness (QED) is 0.927. The number of piperazine rings is 1. The molecule has 1 aliphatic heterocycles. The van der Waals surface area contributed by atoms with Gasteiger partial charge in [-0.2, -0.15) is 4.31 Å². The van der Waals surface area contributed by atoms with Gasteiger partial charge >= 0.3 is 0 Å². The van der Waals surface area contributed by atoms with E-state index in [-0.39, 0.29) is 23.9 Å². The largest absolute Gasteiger partial charge is 0.465 e. The molecule has 23 heavy (non-hydrogen) atoms. The Morgan fingerprint density at radius 3 is 2.52 bits per heavy atom. The van der Waals surface area contributed by atoms with E-state index in [4.69, 9.17) is 4.42 Å². The van der Waals surface area contributed by atoms with Crippen LogP contribution < -0.4 is 5.32 Å². The molecule has 1 amide bonds. The maximum atomic E-state index is 13.0. The number of hydrogen-bond donors (Lipinski definition) is 1. The van der Waals surface area contributed by atoms with Gasteiger partial charge in [0.2, 0.25) is 15.9 Å². The molecule has 1 fully saturated rings. The van der Waals surface area contributed by atoms with Crippen molar-refractivity contribution in [3.63, 3.8) is 0 Å². The lowest BCUT2D eigenvalue weighted by atomic mass is 10.1. The minimum atomic E-state index is -3.82. The molecule has 0 spiro atoms. The molecule has 2 aromatic rings. The predicted octanol–water partition coefficient (Wildman–Crippen LogP) is 1.76. The summed E-state index contributed by atoms with van der Waals surface area (Å²) >= 11 is 0. The molecule has 0 unspecified atom stereocenters. The minimum absolute atomic E-state index is 0.116. The van der Waals surface area contributed by atoms with Crippen LogP contribution in [0.25, 0.3) is 0 Å². The van der Waals surface area contributed by atoms with Crippen molar-refractivity contribution in [1.82, 2.24) is 9.62 Å². The van der Waals surface area contributed by atoms with Crippen LogP contribution in [-0.4, -0.2) is 31.7 Å². The van der Waals surface area contributed by atoms with Gasteiger partial charge in [0.05, 0.1) is 0 Å². The molecular weight excluding hydrogens is 316 g/mol. The van der Waals surface area contributed by atoms with Crippen LogP contribution in [0, 0.1) is 13.8 Å². The highest BCUT2D eigenvalue weighted by molar-refractivity contribution is 7.89. The van der Waals surface area contributed by atoms with Crippen molar-refractivity contribution < 1.29 is 17.6 Å². The van der Waals surface area contributed by atoms with E-state index < -0.39 is 16.1 Å². The fourth-order valence-corrected chi connectivity index (χ4v) is 4.65. The topological polar surface area (TPSA) is 79.6 Å². The molecule has 0 saturated carbocycles. The third kappa shape index (κ3) is 2.77. The summed E-state index contributed by atoms with van der Waals surface area (Å²) in [6.45, 7) is 3.82. The van der Waals surface area contributed by atoms with Gasteiger partial charge in [-0.3, -0.25) is 4.79 Å². The highest BCUT2D eigenvalue weighted by Crippen LogP contribution is 2.31. The zero-order valence-corrected chi connectivity index (χ0v) is 13.8. The van der Waals surface area contributed by atoms with Crippen LogP contribution in [0.3, 0.4) is 0 Å². The second-order valence-electron chi connectivity index (χ2n) is 5.50. The molecule has 1 aliphatic rings. The van der Waals surface area contributed by atoms with Gasteiger partial charge in [-0.25, -0.2) is 8.42 Å². The zero-order chi connectivity index (χ0) is 16.6. The van der Waals surface area contributed by atoms with Crippen molar-refractivity contribution in [3.05, 3.63) is 53.5 Å². The number of hydrogen-bond acceptors (Lipinski definition) is 4. The summed E-state index contributed by atoms with van der Waals surface area (Å²) in [6.07, 6.45) is 0. The molecule has 2 heterocycles. The van der Waals surface area contributed by atoms with Crippen LogP contribution in [0.15, 0.2) is 45.7 Å². The molecule has 1 N–H and O–H groups in total. The van der Waals surface area contributed by atoms with Crippen LogP contribution in [0.2, 0.25) is 0 Å². The number of rotatable bonds is 3. The summed E-state index contributed by atoms with van der Waals surface area (Å²) in [6, 6.07) is 9.54. The lowest BCUT2D eigenvalue weighted by Gasteiger charge is -2.34.